The number of fused-ring (bicyclic) bond motifs is 3. The molecular formula is C16H9F2N3. The van der Waals surface area contributed by atoms with E-state index in [2.05, 4.69) is 15.0 Å². The van der Waals surface area contributed by atoms with E-state index in [-0.39, 0.29) is 5.56 Å². The van der Waals surface area contributed by atoms with E-state index in [0.717, 1.165) is 22.5 Å². The van der Waals surface area contributed by atoms with E-state index in [1.54, 1.807) is 6.20 Å². The molecule has 0 radical (unpaired) electrons. The van der Waals surface area contributed by atoms with Gasteiger partial charge in [-0.2, -0.15) is 0 Å². The first-order chi connectivity index (χ1) is 10.2. The SMILES string of the molecule is Fc1ccc(-c2nc3c(cnc4ccccc43)[nH]2)c(F)c1. The Balaban J connectivity index is 2.00. The van der Waals surface area contributed by atoms with Crippen LogP contribution in [0.25, 0.3) is 33.3 Å². The molecule has 4 aromatic rings. The monoisotopic (exact) mass is 281 g/mol. The Kier molecular flexibility index (Phi) is 2.47. The summed E-state index contributed by atoms with van der Waals surface area (Å²) >= 11 is 0. The fraction of sp³-hybridized carbons (Fsp3) is 0. The predicted octanol–water partition coefficient (Wildman–Crippen LogP) is 4.06. The summed E-state index contributed by atoms with van der Waals surface area (Å²) in [6.07, 6.45) is 1.66. The number of rotatable bonds is 1. The molecule has 0 aliphatic heterocycles. The molecule has 0 atom stereocenters. The number of para-hydroxylation sites is 1. The molecular weight excluding hydrogens is 272 g/mol. The Labute approximate surface area is 118 Å². The van der Waals surface area contributed by atoms with Crippen LogP contribution in [0.1, 0.15) is 0 Å². The first-order valence-corrected chi connectivity index (χ1v) is 6.41. The van der Waals surface area contributed by atoms with E-state index in [0.29, 0.717) is 11.3 Å². The number of aromatic nitrogens is 3. The maximum Gasteiger partial charge on any atom is 0.141 e. The molecule has 2 aromatic heterocycles. The Morgan fingerprint density at radius 3 is 2.71 bits per heavy atom. The van der Waals surface area contributed by atoms with Crippen molar-refractivity contribution in [1.29, 1.82) is 0 Å². The van der Waals surface area contributed by atoms with E-state index in [9.17, 15) is 8.78 Å². The van der Waals surface area contributed by atoms with Gasteiger partial charge in [0.25, 0.3) is 0 Å². The van der Waals surface area contributed by atoms with Gasteiger partial charge in [-0.25, -0.2) is 13.8 Å². The van der Waals surface area contributed by atoms with Crippen LogP contribution >= 0.6 is 0 Å². The number of nitrogens with zero attached hydrogens (tertiary/aromatic N) is 2. The highest BCUT2D eigenvalue weighted by atomic mass is 19.1. The fourth-order valence-electron chi connectivity index (χ4n) is 2.42. The second-order valence-corrected chi connectivity index (χ2v) is 4.75. The van der Waals surface area contributed by atoms with Crippen molar-refractivity contribution in [1.82, 2.24) is 15.0 Å². The lowest BCUT2D eigenvalue weighted by atomic mass is 10.2. The van der Waals surface area contributed by atoms with Crippen LogP contribution in [-0.2, 0) is 0 Å². The summed E-state index contributed by atoms with van der Waals surface area (Å²) in [5.41, 5.74) is 2.49. The van der Waals surface area contributed by atoms with Crippen LogP contribution in [0.15, 0.2) is 48.7 Å². The standard InChI is InChI=1S/C16H9F2N3/c17-9-5-6-10(12(18)7-9)16-20-14-8-19-13-4-2-1-3-11(13)15(14)21-16/h1-8H,(H,20,21). The number of H-pyrrole nitrogens is 1. The van der Waals surface area contributed by atoms with Crippen LogP contribution in [0.3, 0.4) is 0 Å². The molecule has 0 aliphatic carbocycles. The van der Waals surface area contributed by atoms with E-state index >= 15 is 0 Å². The molecule has 102 valence electrons. The molecule has 3 nitrogen and oxygen atoms in total. The zero-order valence-electron chi connectivity index (χ0n) is 10.8. The van der Waals surface area contributed by atoms with Gasteiger partial charge in [0.15, 0.2) is 0 Å². The summed E-state index contributed by atoms with van der Waals surface area (Å²) in [5, 5.41) is 0.889. The molecule has 4 rings (SSSR count). The van der Waals surface area contributed by atoms with Crippen LogP contribution in [-0.4, -0.2) is 15.0 Å². The molecule has 2 heterocycles. The molecule has 0 bridgehead atoms. The number of halogens is 2. The quantitative estimate of drug-likeness (QED) is 0.571. The van der Waals surface area contributed by atoms with Gasteiger partial charge in [0.05, 0.1) is 28.3 Å². The fourth-order valence-corrected chi connectivity index (χ4v) is 2.42. The van der Waals surface area contributed by atoms with Crippen molar-refractivity contribution in [3.05, 3.63) is 60.3 Å². The zero-order valence-corrected chi connectivity index (χ0v) is 10.8. The topological polar surface area (TPSA) is 41.6 Å². The Morgan fingerprint density at radius 1 is 1.00 bits per heavy atom. The van der Waals surface area contributed by atoms with Crippen molar-refractivity contribution < 1.29 is 8.78 Å². The zero-order chi connectivity index (χ0) is 14.4. The molecule has 1 N–H and O–H groups in total. The van der Waals surface area contributed by atoms with Gasteiger partial charge in [0.2, 0.25) is 0 Å². The van der Waals surface area contributed by atoms with E-state index < -0.39 is 11.6 Å². The highest BCUT2D eigenvalue weighted by molar-refractivity contribution is 6.02. The number of hydrogen-bond donors (Lipinski definition) is 1. The third-order valence-corrected chi connectivity index (χ3v) is 3.41. The maximum atomic E-state index is 13.9. The van der Waals surface area contributed by atoms with Crippen molar-refractivity contribution in [2.45, 2.75) is 0 Å². The van der Waals surface area contributed by atoms with Crippen molar-refractivity contribution in [2.24, 2.45) is 0 Å². The van der Waals surface area contributed by atoms with Crippen LogP contribution in [0.4, 0.5) is 8.78 Å². The Bertz CT molecular complexity index is 976. The van der Waals surface area contributed by atoms with Gasteiger partial charge in [0.1, 0.15) is 17.5 Å². The number of imidazole rings is 1. The third kappa shape index (κ3) is 1.86. The average molecular weight is 281 g/mol. The highest BCUT2D eigenvalue weighted by Gasteiger charge is 2.12. The molecule has 21 heavy (non-hydrogen) atoms. The largest absolute Gasteiger partial charge is 0.337 e. The molecule has 0 aliphatic rings. The first kappa shape index (κ1) is 12.0. The molecule has 0 unspecified atom stereocenters. The third-order valence-electron chi connectivity index (χ3n) is 3.41. The second kappa shape index (κ2) is 4.34. The normalized spacial score (nSPS) is 11.3. The minimum atomic E-state index is -0.647. The Hall–Kier alpha value is -2.82. The van der Waals surface area contributed by atoms with Gasteiger partial charge in [-0.05, 0) is 18.2 Å². The lowest BCUT2D eigenvalue weighted by Crippen LogP contribution is -1.87. The number of aromatic amines is 1. The van der Waals surface area contributed by atoms with Crippen LogP contribution in [0, 0.1) is 11.6 Å². The van der Waals surface area contributed by atoms with E-state index in [1.165, 1.54) is 12.1 Å². The summed E-state index contributed by atoms with van der Waals surface area (Å²) < 4.78 is 26.9. The molecule has 0 spiro atoms. The first-order valence-electron chi connectivity index (χ1n) is 6.41. The lowest BCUT2D eigenvalue weighted by Gasteiger charge is -1.98. The maximum absolute atomic E-state index is 13.9. The number of benzene rings is 2. The van der Waals surface area contributed by atoms with Crippen molar-refractivity contribution in [3.8, 4) is 11.4 Å². The minimum Gasteiger partial charge on any atom is -0.337 e. The second-order valence-electron chi connectivity index (χ2n) is 4.75. The van der Waals surface area contributed by atoms with Gasteiger partial charge < -0.3 is 4.98 Å². The smallest absolute Gasteiger partial charge is 0.141 e. The summed E-state index contributed by atoms with van der Waals surface area (Å²) in [5.74, 6) is -0.897. The van der Waals surface area contributed by atoms with Crippen molar-refractivity contribution in [3.63, 3.8) is 0 Å². The number of hydrogen-bond acceptors (Lipinski definition) is 2. The van der Waals surface area contributed by atoms with Gasteiger partial charge >= 0.3 is 0 Å². The predicted molar refractivity (Wildman–Crippen MR) is 76.7 cm³/mol. The average Bonchev–Trinajstić information content (AvgIpc) is 2.91. The molecule has 0 saturated heterocycles. The number of pyridine rings is 1. The molecule has 0 amide bonds. The van der Waals surface area contributed by atoms with Gasteiger partial charge in [-0.15, -0.1) is 0 Å². The van der Waals surface area contributed by atoms with Crippen molar-refractivity contribution >= 4 is 21.9 Å². The highest BCUT2D eigenvalue weighted by Crippen LogP contribution is 2.27. The summed E-state index contributed by atoms with van der Waals surface area (Å²) in [7, 11) is 0. The lowest BCUT2D eigenvalue weighted by molar-refractivity contribution is 0.585. The van der Waals surface area contributed by atoms with Gasteiger partial charge in [-0.3, -0.25) is 4.98 Å². The molecule has 2 aromatic carbocycles. The van der Waals surface area contributed by atoms with Gasteiger partial charge in [-0.1, -0.05) is 18.2 Å². The molecule has 0 fully saturated rings. The van der Waals surface area contributed by atoms with Crippen LogP contribution in [0.2, 0.25) is 0 Å². The van der Waals surface area contributed by atoms with Gasteiger partial charge in [0, 0.05) is 11.5 Å². The summed E-state index contributed by atoms with van der Waals surface area (Å²) in [6.45, 7) is 0. The Morgan fingerprint density at radius 2 is 1.86 bits per heavy atom. The molecule has 5 heteroatoms. The van der Waals surface area contributed by atoms with Crippen LogP contribution < -0.4 is 0 Å². The van der Waals surface area contributed by atoms with Crippen molar-refractivity contribution in [2.75, 3.05) is 0 Å². The minimum absolute atomic E-state index is 0.233. The number of nitrogens with one attached hydrogen (secondary N) is 1. The molecule has 0 saturated carbocycles. The summed E-state index contributed by atoms with van der Waals surface area (Å²) in [4.78, 5) is 11.8. The van der Waals surface area contributed by atoms with E-state index in [4.69, 9.17) is 0 Å². The van der Waals surface area contributed by atoms with E-state index in [1.807, 2.05) is 24.3 Å². The van der Waals surface area contributed by atoms with Crippen LogP contribution in [0.5, 0.6) is 0 Å². The summed E-state index contributed by atoms with van der Waals surface area (Å²) in [6, 6.07) is 11.0.